The zero-order chi connectivity index (χ0) is 28.1. The summed E-state index contributed by atoms with van der Waals surface area (Å²) in [6.45, 7) is 0. The molecule has 0 atom stereocenters. The van der Waals surface area contributed by atoms with Crippen molar-refractivity contribution in [2.24, 2.45) is 0 Å². The van der Waals surface area contributed by atoms with Gasteiger partial charge in [0, 0.05) is 52.6 Å². The summed E-state index contributed by atoms with van der Waals surface area (Å²) in [7, 11) is 0. The van der Waals surface area contributed by atoms with E-state index in [1.54, 1.807) is 24.8 Å². The molecule has 4 aromatic carbocycles. The quantitative estimate of drug-likeness (QED) is 0.216. The number of rotatable bonds is 6. The van der Waals surface area contributed by atoms with E-state index in [4.69, 9.17) is 15.0 Å². The van der Waals surface area contributed by atoms with Gasteiger partial charge in [-0.15, -0.1) is 0 Å². The van der Waals surface area contributed by atoms with E-state index in [1.165, 1.54) is 0 Å². The van der Waals surface area contributed by atoms with Crippen molar-refractivity contribution in [3.05, 3.63) is 140 Å². The fourth-order valence-corrected chi connectivity index (χ4v) is 4.57. The van der Waals surface area contributed by atoms with Crippen LogP contribution in [0.3, 0.4) is 0 Å². The van der Waals surface area contributed by atoms with Crippen LogP contribution in [-0.4, -0.2) is 34.9 Å². The first-order chi connectivity index (χ1) is 20.8. The Kier molecular flexibility index (Phi) is 6.72. The number of aromatic nitrogens is 7. The zero-order valence-corrected chi connectivity index (χ0v) is 22.4. The SMILES string of the molecule is c1ccc(-c2cnc(-c3ncc(-c4ccc(-c5nc(-c6ccccc6)nc(-c6ccccc6)n5)cc4)cn3)nc2)cc1. The van der Waals surface area contributed by atoms with Gasteiger partial charge in [0.15, 0.2) is 29.1 Å². The molecule has 0 saturated heterocycles. The van der Waals surface area contributed by atoms with Crippen LogP contribution < -0.4 is 0 Å². The highest BCUT2D eigenvalue weighted by Crippen LogP contribution is 2.27. The molecule has 7 heteroatoms. The van der Waals surface area contributed by atoms with E-state index in [-0.39, 0.29) is 0 Å². The average Bonchev–Trinajstić information content (AvgIpc) is 3.09. The van der Waals surface area contributed by atoms with Crippen molar-refractivity contribution in [2.75, 3.05) is 0 Å². The molecule has 7 rings (SSSR count). The van der Waals surface area contributed by atoms with Crippen molar-refractivity contribution in [3.8, 4) is 68.1 Å². The lowest BCUT2D eigenvalue weighted by Crippen LogP contribution is -2.00. The Morgan fingerprint density at radius 1 is 0.238 bits per heavy atom. The minimum Gasteiger partial charge on any atom is -0.233 e. The van der Waals surface area contributed by atoms with Gasteiger partial charge in [0.2, 0.25) is 0 Å². The van der Waals surface area contributed by atoms with Gasteiger partial charge >= 0.3 is 0 Å². The fourth-order valence-electron chi connectivity index (χ4n) is 4.57. The average molecular weight is 542 g/mol. The molecule has 0 aliphatic heterocycles. The summed E-state index contributed by atoms with van der Waals surface area (Å²) in [5.41, 5.74) is 6.63. The summed E-state index contributed by atoms with van der Waals surface area (Å²) in [5, 5.41) is 0. The summed E-state index contributed by atoms with van der Waals surface area (Å²) >= 11 is 0. The van der Waals surface area contributed by atoms with Gasteiger partial charge in [0.1, 0.15) is 0 Å². The Hall–Kier alpha value is -5.95. The first-order valence-electron chi connectivity index (χ1n) is 13.5. The van der Waals surface area contributed by atoms with Crippen LogP contribution in [0.2, 0.25) is 0 Å². The summed E-state index contributed by atoms with van der Waals surface area (Å²) in [5.74, 6) is 2.83. The van der Waals surface area contributed by atoms with Gasteiger partial charge in [-0.25, -0.2) is 34.9 Å². The zero-order valence-electron chi connectivity index (χ0n) is 22.4. The van der Waals surface area contributed by atoms with E-state index in [0.29, 0.717) is 29.1 Å². The van der Waals surface area contributed by atoms with E-state index in [9.17, 15) is 0 Å². The van der Waals surface area contributed by atoms with E-state index >= 15 is 0 Å². The Bertz CT molecular complexity index is 1870. The normalized spacial score (nSPS) is 10.9. The minimum absolute atomic E-state index is 0.474. The van der Waals surface area contributed by atoms with Crippen molar-refractivity contribution in [3.63, 3.8) is 0 Å². The second kappa shape index (κ2) is 11.3. The molecule has 0 amide bonds. The Balaban J connectivity index is 1.15. The van der Waals surface area contributed by atoms with Gasteiger partial charge in [-0.05, 0) is 11.1 Å². The highest BCUT2D eigenvalue weighted by Gasteiger charge is 2.13. The molecular formula is C35H23N7. The van der Waals surface area contributed by atoms with Crippen LogP contribution in [-0.2, 0) is 0 Å². The predicted molar refractivity (Wildman–Crippen MR) is 164 cm³/mol. The molecule has 0 spiro atoms. The van der Waals surface area contributed by atoms with Gasteiger partial charge in [-0.1, -0.05) is 115 Å². The van der Waals surface area contributed by atoms with Crippen molar-refractivity contribution in [1.29, 1.82) is 0 Å². The fraction of sp³-hybridized carbons (Fsp3) is 0. The molecule has 7 nitrogen and oxygen atoms in total. The smallest absolute Gasteiger partial charge is 0.197 e. The van der Waals surface area contributed by atoms with E-state index in [2.05, 4.69) is 19.9 Å². The summed E-state index contributed by atoms with van der Waals surface area (Å²) in [6.07, 6.45) is 7.16. The number of hydrogen-bond donors (Lipinski definition) is 0. The Morgan fingerprint density at radius 3 is 0.905 bits per heavy atom. The Labute approximate surface area is 242 Å². The number of nitrogens with zero attached hydrogens (tertiary/aromatic N) is 7. The van der Waals surface area contributed by atoms with Crippen LogP contribution in [0.15, 0.2) is 140 Å². The van der Waals surface area contributed by atoms with Crippen LogP contribution in [0.5, 0.6) is 0 Å². The molecule has 0 saturated carbocycles. The number of benzene rings is 4. The lowest BCUT2D eigenvalue weighted by Gasteiger charge is -2.09. The molecule has 0 bridgehead atoms. The summed E-state index contributed by atoms with van der Waals surface area (Å²) in [6, 6.07) is 38.0. The van der Waals surface area contributed by atoms with E-state index < -0.39 is 0 Å². The molecule has 0 N–H and O–H groups in total. The highest BCUT2D eigenvalue weighted by atomic mass is 15.0. The second-order valence-electron chi connectivity index (χ2n) is 9.57. The molecule has 0 aliphatic carbocycles. The third kappa shape index (κ3) is 5.26. The maximum atomic E-state index is 4.81. The first-order valence-corrected chi connectivity index (χ1v) is 13.5. The van der Waals surface area contributed by atoms with Gasteiger partial charge < -0.3 is 0 Å². The maximum Gasteiger partial charge on any atom is 0.197 e. The standard InChI is InChI=1S/C35H23N7/c1-4-10-24(11-5-1)29-20-36-34(37-21-29)35-38-22-30(23-39-35)25-16-18-28(19-17-25)33-41-31(26-12-6-2-7-13-26)40-32(42-33)27-14-8-3-9-15-27/h1-23H. The van der Waals surface area contributed by atoms with E-state index in [0.717, 1.165) is 38.9 Å². The Morgan fingerprint density at radius 2 is 0.524 bits per heavy atom. The summed E-state index contributed by atoms with van der Waals surface area (Å²) in [4.78, 5) is 32.4. The third-order valence-corrected chi connectivity index (χ3v) is 6.79. The van der Waals surface area contributed by atoms with Crippen LogP contribution in [0.4, 0.5) is 0 Å². The van der Waals surface area contributed by atoms with E-state index in [1.807, 2.05) is 115 Å². The topological polar surface area (TPSA) is 90.2 Å². The first kappa shape index (κ1) is 25.0. The van der Waals surface area contributed by atoms with Crippen molar-refractivity contribution in [2.45, 2.75) is 0 Å². The largest absolute Gasteiger partial charge is 0.233 e. The molecule has 198 valence electrons. The van der Waals surface area contributed by atoms with Crippen LogP contribution in [0.1, 0.15) is 0 Å². The molecule has 3 heterocycles. The molecule has 0 radical (unpaired) electrons. The van der Waals surface area contributed by atoms with Gasteiger partial charge in [-0.3, -0.25) is 0 Å². The molecular weight excluding hydrogens is 518 g/mol. The van der Waals surface area contributed by atoms with Crippen molar-refractivity contribution >= 4 is 0 Å². The molecule has 0 unspecified atom stereocenters. The van der Waals surface area contributed by atoms with Crippen LogP contribution in [0, 0.1) is 0 Å². The molecule has 7 aromatic rings. The van der Waals surface area contributed by atoms with Gasteiger partial charge in [0.25, 0.3) is 0 Å². The minimum atomic E-state index is 0.474. The molecule has 0 aliphatic rings. The summed E-state index contributed by atoms with van der Waals surface area (Å²) < 4.78 is 0. The van der Waals surface area contributed by atoms with Gasteiger partial charge in [-0.2, -0.15) is 0 Å². The third-order valence-electron chi connectivity index (χ3n) is 6.79. The van der Waals surface area contributed by atoms with Crippen molar-refractivity contribution < 1.29 is 0 Å². The lowest BCUT2D eigenvalue weighted by atomic mass is 10.1. The van der Waals surface area contributed by atoms with Crippen molar-refractivity contribution in [1.82, 2.24) is 34.9 Å². The maximum absolute atomic E-state index is 4.81. The monoisotopic (exact) mass is 541 g/mol. The van der Waals surface area contributed by atoms with Gasteiger partial charge in [0.05, 0.1) is 0 Å². The van der Waals surface area contributed by atoms with Crippen LogP contribution in [0.25, 0.3) is 68.1 Å². The molecule has 3 aromatic heterocycles. The predicted octanol–water partition coefficient (Wildman–Crippen LogP) is 7.45. The lowest BCUT2D eigenvalue weighted by molar-refractivity contribution is 1.07. The van der Waals surface area contributed by atoms with Crippen LogP contribution >= 0.6 is 0 Å². The highest BCUT2D eigenvalue weighted by molar-refractivity contribution is 5.70. The molecule has 0 fully saturated rings. The number of hydrogen-bond acceptors (Lipinski definition) is 7. The molecule has 42 heavy (non-hydrogen) atoms. The second-order valence-corrected chi connectivity index (χ2v) is 9.57.